The van der Waals surface area contributed by atoms with E-state index in [1.165, 1.54) is 376 Å². The molecule has 0 aliphatic heterocycles. The average molecular weight is 1730 g/mol. The van der Waals surface area contributed by atoms with Gasteiger partial charge in [0, 0.05) is 21.7 Å². The Kier molecular flexibility index (Phi) is 35.1. The molecule has 0 saturated carbocycles. The highest BCUT2D eigenvalue weighted by Gasteiger charge is 2.49. The molecule has 0 N–H and O–H groups in total. The SMILES string of the molecule is CCCCC(CC)CC1(CC(CC)CCCC)c2cc(C)ccc2-c2c1cc(C)c1ccccc21.CCCCCCC1(CCCCCC)c2cc(C)ccc2-c2c1cc(C)c1ccccc21.CCCCCCCCC1(CCCCCCCC)c2cc(C)ccc2-c2c1cc(C)c1ccccc21.Cc1ccc2c(c1)C(CCC(C)C)(CCC(C)C)c1cc(C)c3ccccc3c1-2. The van der Waals surface area contributed by atoms with Crippen LogP contribution in [0.1, 0.15) is 416 Å². The lowest BCUT2D eigenvalue weighted by Crippen LogP contribution is -2.31. The average Bonchev–Trinajstić information content (AvgIpc) is 1.56. The lowest BCUT2D eigenvalue weighted by Gasteiger charge is -2.39. The minimum Gasteiger partial charge on any atom is -0.0654 e. The molecule has 0 bridgehead atoms. The number of rotatable bonds is 42. The molecule has 12 aromatic rings. The summed E-state index contributed by atoms with van der Waals surface area (Å²) in [5.74, 6) is 3.02. The van der Waals surface area contributed by atoms with Crippen molar-refractivity contribution in [3.05, 3.63) is 283 Å². The molecule has 130 heavy (non-hydrogen) atoms. The number of hydrogen-bond donors (Lipinski definition) is 0. The fourth-order valence-electron chi connectivity index (χ4n) is 25.1. The van der Waals surface area contributed by atoms with Crippen LogP contribution in [-0.2, 0) is 21.7 Å². The molecule has 4 aliphatic rings. The van der Waals surface area contributed by atoms with Crippen LogP contribution in [0.25, 0.3) is 87.6 Å². The van der Waals surface area contributed by atoms with Crippen LogP contribution in [-0.4, -0.2) is 0 Å². The predicted octanol–water partition coefficient (Wildman–Crippen LogP) is 40.4. The molecule has 16 rings (SSSR count). The van der Waals surface area contributed by atoms with Crippen LogP contribution in [0.4, 0.5) is 0 Å². The summed E-state index contributed by atoms with van der Waals surface area (Å²) in [6, 6.07) is 75.8. The standard InChI is InChI=1S/2C35H48.C31H40.C29H36/c1-7-11-15-27(9-3)23-35(24-28(10-4)16-12-8-2)32-21-25(5)19-20-31(32)34-30-18-14-13-17-29(30)26(6)22-33(34)35;1-5-7-9-11-13-17-23-35(24-18-14-12-10-8-6-2)32-25-27(3)21-22-31(32)34-30-20-16-15-19-29(30)28(4)26-33(34)35;1-5-7-9-13-19-31(20-14-10-8-6-2)28-21-23(3)17-18-27(28)30-26-16-12-11-15-25(26)24(4)22-29(30)31;1-19(2)13-15-29(16-14-20(3)4)26-17-21(5)11-12-25(26)28-24-10-8-7-9-23(24)22(6)18-27(28)29/h13-14,17-22,27-28H,7-12,15-16,23-24H2,1-6H3;15-16,19-22,25-26H,5-14,17-18,23-24H2,1-4H3;11-12,15-18,21-22H,5-10,13-14,19-20H2,1-4H3;7-12,17-20H,13-16H2,1-6H3. The third-order valence-corrected chi connectivity index (χ3v) is 32.4. The second-order valence-electron chi connectivity index (χ2n) is 42.9. The van der Waals surface area contributed by atoms with E-state index in [-0.39, 0.29) is 21.7 Å². The Labute approximate surface area is 793 Å². The second kappa shape index (κ2) is 46.1. The molecular weight excluding hydrogens is 1560 g/mol. The Morgan fingerprint density at radius 2 is 0.431 bits per heavy atom. The Hall–Kier alpha value is -8.32. The number of hydrogen-bond acceptors (Lipinski definition) is 0. The van der Waals surface area contributed by atoms with Crippen molar-refractivity contribution in [1.29, 1.82) is 0 Å². The first-order valence-electron chi connectivity index (χ1n) is 53.6. The zero-order valence-corrected chi connectivity index (χ0v) is 85.7. The first kappa shape index (κ1) is 99.2. The van der Waals surface area contributed by atoms with E-state index >= 15 is 0 Å². The highest BCUT2D eigenvalue weighted by atomic mass is 14.5. The van der Waals surface area contributed by atoms with Crippen molar-refractivity contribution in [3.63, 3.8) is 0 Å². The molecule has 2 unspecified atom stereocenters. The molecule has 4 aliphatic carbocycles. The zero-order chi connectivity index (χ0) is 92.3. The van der Waals surface area contributed by atoms with Gasteiger partial charge in [0.25, 0.3) is 0 Å². The van der Waals surface area contributed by atoms with Gasteiger partial charge in [-0.2, -0.15) is 0 Å². The van der Waals surface area contributed by atoms with Gasteiger partial charge in [-0.15, -0.1) is 0 Å². The molecule has 2 atom stereocenters. The summed E-state index contributed by atoms with van der Waals surface area (Å²) in [5, 5.41) is 11.5. The van der Waals surface area contributed by atoms with E-state index in [0.717, 1.165) is 23.7 Å². The summed E-state index contributed by atoms with van der Waals surface area (Å²) < 4.78 is 0. The van der Waals surface area contributed by atoms with Crippen molar-refractivity contribution in [2.75, 3.05) is 0 Å². The molecule has 0 nitrogen and oxygen atoms in total. The van der Waals surface area contributed by atoms with Crippen LogP contribution in [0.15, 0.2) is 194 Å². The van der Waals surface area contributed by atoms with Crippen LogP contribution in [0, 0.1) is 79.1 Å². The Balaban J connectivity index is 0.000000148. The first-order valence-corrected chi connectivity index (χ1v) is 53.6. The van der Waals surface area contributed by atoms with Crippen LogP contribution < -0.4 is 0 Å². The van der Waals surface area contributed by atoms with Crippen molar-refractivity contribution in [2.24, 2.45) is 23.7 Å². The Bertz CT molecular complexity index is 5660. The van der Waals surface area contributed by atoms with Gasteiger partial charge in [0.15, 0.2) is 0 Å². The molecule has 692 valence electrons. The maximum Gasteiger partial charge on any atom is 0.0220 e. The highest BCUT2D eigenvalue weighted by molar-refractivity contribution is 6.08. The highest BCUT2D eigenvalue weighted by Crippen LogP contribution is 2.63. The fraction of sp³-hybridized carbons (Fsp3) is 0.508. The Morgan fingerprint density at radius 1 is 0.208 bits per heavy atom. The third-order valence-electron chi connectivity index (χ3n) is 32.4. The summed E-state index contributed by atoms with van der Waals surface area (Å²) in [6.07, 6.45) is 50.6. The van der Waals surface area contributed by atoms with Crippen molar-refractivity contribution >= 4 is 43.1 Å². The molecule has 0 spiro atoms. The van der Waals surface area contributed by atoms with Gasteiger partial charge in [0.1, 0.15) is 0 Å². The summed E-state index contributed by atoms with van der Waals surface area (Å²) in [7, 11) is 0. The first-order chi connectivity index (χ1) is 63.1. The third kappa shape index (κ3) is 21.2. The van der Waals surface area contributed by atoms with Crippen LogP contribution >= 0.6 is 0 Å². The second-order valence-corrected chi connectivity index (χ2v) is 42.9. The summed E-state index contributed by atoms with van der Waals surface area (Å²) in [5.41, 5.74) is 37.1. The minimum absolute atomic E-state index is 0.133. The van der Waals surface area contributed by atoms with Gasteiger partial charge in [-0.05, 0) is 298 Å². The topological polar surface area (TPSA) is 0 Å². The van der Waals surface area contributed by atoms with E-state index in [1.54, 1.807) is 44.5 Å². The van der Waals surface area contributed by atoms with Gasteiger partial charge in [-0.1, -0.05) is 479 Å². The van der Waals surface area contributed by atoms with Crippen LogP contribution in [0.5, 0.6) is 0 Å². The van der Waals surface area contributed by atoms with E-state index in [0.29, 0.717) is 0 Å². The Morgan fingerprint density at radius 3 is 0.685 bits per heavy atom. The van der Waals surface area contributed by atoms with Gasteiger partial charge in [0.05, 0.1) is 0 Å². The largest absolute Gasteiger partial charge is 0.0654 e. The molecule has 12 aromatic carbocycles. The van der Waals surface area contributed by atoms with E-state index in [9.17, 15) is 0 Å². The molecule has 0 heteroatoms. The lowest BCUT2D eigenvalue weighted by molar-refractivity contribution is 0.266. The zero-order valence-electron chi connectivity index (χ0n) is 85.7. The quantitative estimate of drug-likeness (QED) is 0.0335. The van der Waals surface area contributed by atoms with E-state index in [1.807, 2.05) is 0 Å². The molecule has 0 amide bonds. The number of unbranched alkanes of at least 4 members (excludes halogenated alkanes) is 18. The van der Waals surface area contributed by atoms with Crippen LogP contribution in [0.2, 0.25) is 0 Å². The minimum atomic E-state index is 0.133. The maximum atomic E-state index is 2.60. The molecule has 0 heterocycles. The van der Waals surface area contributed by atoms with Gasteiger partial charge in [-0.25, -0.2) is 0 Å². The number of benzene rings is 12. The van der Waals surface area contributed by atoms with Crippen molar-refractivity contribution in [1.82, 2.24) is 0 Å². The van der Waals surface area contributed by atoms with Crippen molar-refractivity contribution in [3.8, 4) is 44.5 Å². The van der Waals surface area contributed by atoms with Gasteiger partial charge < -0.3 is 0 Å². The monoisotopic (exact) mass is 1730 g/mol. The van der Waals surface area contributed by atoms with Crippen molar-refractivity contribution in [2.45, 2.75) is 404 Å². The summed E-state index contributed by atoms with van der Waals surface area (Å²) in [6.45, 7) is 46.7. The molecule has 0 fully saturated rings. The van der Waals surface area contributed by atoms with E-state index in [2.05, 4.69) is 333 Å². The van der Waals surface area contributed by atoms with E-state index < -0.39 is 0 Å². The lowest BCUT2D eigenvalue weighted by atomic mass is 9.64. The molecule has 0 saturated heterocycles. The van der Waals surface area contributed by atoms with Crippen LogP contribution in [0.3, 0.4) is 0 Å². The maximum absolute atomic E-state index is 2.60. The number of fused-ring (bicyclic) bond motifs is 20. The molecular formula is C130H172. The van der Waals surface area contributed by atoms with E-state index in [4.69, 9.17) is 0 Å². The predicted molar refractivity (Wildman–Crippen MR) is 576 cm³/mol. The summed E-state index contributed by atoms with van der Waals surface area (Å²) >= 11 is 0. The van der Waals surface area contributed by atoms with Gasteiger partial charge in [-0.3, -0.25) is 0 Å². The molecule has 0 aromatic heterocycles. The van der Waals surface area contributed by atoms with Gasteiger partial charge >= 0.3 is 0 Å². The fourth-order valence-corrected chi connectivity index (χ4v) is 25.1. The normalized spacial score (nSPS) is 15.3. The van der Waals surface area contributed by atoms with Gasteiger partial charge in [0.2, 0.25) is 0 Å². The van der Waals surface area contributed by atoms with Crippen molar-refractivity contribution < 1.29 is 0 Å². The number of aryl methyl sites for hydroxylation is 8. The summed E-state index contributed by atoms with van der Waals surface area (Å²) in [4.78, 5) is 0. The smallest absolute Gasteiger partial charge is 0.0220 e. The molecule has 0 radical (unpaired) electrons.